The van der Waals surface area contributed by atoms with Crippen LogP contribution in [0.15, 0.2) is 71.2 Å². The number of thiophene rings is 1. The molecule has 0 saturated heterocycles. The summed E-state index contributed by atoms with van der Waals surface area (Å²) in [5.41, 5.74) is 1.33. The maximum atomic E-state index is 13.1. The molecular weight excluding hydrogens is 406 g/mol. The number of aromatic nitrogens is 1. The number of benzene rings is 1. The molecule has 1 N–H and O–H groups in total. The van der Waals surface area contributed by atoms with Gasteiger partial charge in [0.25, 0.3) is 5.91 Å². The van der Waals surface area contributed by atoms with Crippen molar-refractivity contribution in [2.75, 3.05) is 0 Å². The van der Waals surface area contributed by atoms with Crippen LogP contribution in [0.25, 0.3) is 0 Å². The summed E-state index contributed by atoms with van der Waals surface area (Å²) in [6.07, 6.45) is 5.38. The fraction of sp³-hybridized carbons (Fsp3) is 0.238. The fourth-order valence-corrected chi connectivity index (χ4v) is 4.85. The Bertz CT molecular complexity index is 1080. The van der Waals surface area contributed by atoms with Gasteiger partial charge in [0.1, 0.15) is 0 Å². The van der Waals surface area contributed by atoms with Gasteiger partial charge >= 0.3 is 0 Å². The third-order valence-electron chi connectivity index (χ3n) is 4.73. The van der Waals surface area contributed by atoms with Gasteiger partial charge < -0.3 is 4.90 Å². The van der Waals surface area contributed by atoms with E-state index in [1.807, 2.05) is 34.5 Å². The number of nitrogens with zero attached hydrogens (tertiary/aromatic N) is 2. The molecule has 29 heavy (non-hydrogen) atoms. The van der Waals surface area contributed by atoms with Crippen molar-refractivity contribution in [3.05, 3.63) is 82.3 Å². The molecule has 0 radical (unpaired) electrons. The SMILES string of the molecule is O=C(c1cccc(S(=O)(=O)NCc2cccs2)c1)N(Cc1cccnc1)C1CC1. The Hall–Kier alpha value is -2.55. The zero-order valence-corrected chi connectivity index (χ0v) is 17.3. The van der Waals surface area contributed by atoms with Crippen molar-refractivity contribution in [3.8, 4) is 0 Å². The predicted octanol–water partition coefficient (Wildman–Crippen LogP) is 3.43. The first-order valence-corrected chi connectivity index (χ1v) is 11.7. The van der Waals surface area contributed by atoms with Gasteiger partial charge in [0, 0.05) is 42.0 Å². The lowest BCUT2D eigenvalue weighted by atomic mass is 10.1. The minimum Gasteiger partial charge on any atom is -0.331 e. The van der Waals surface area contributed by atoms with E-state index in [2.05, 4.69) is 9.71 Å². The van der Waals surface area contributed by atoms with E-state index in [-0.39, 0.29) is 23.4 Å². The molecule has 3 aromatic rings. The molecule has 6 nitrogen and oxygen atoms in total. The van der Waals surface area contributed by atoms with E-state index < -0.39 is 10.0 Å². The lowest BCUT2D eigenvalue weighted by Gasteiger charge is -2.23. The van der Waals surface area contributed by atoms with E-state index in [4.69, 9.17) is 0 Å². The third-order valence-corrected chi connectivity index (χ3v) is 7.01. The van der Waals surface area contributed by atoms with E-state index in [1.165, 1.54) is 23.5 Å². The molecule has 0 aliphatic heterocycles. The van der Waals surface area contributed by atoms with Crippen LogP contribution in [0.1, 0.15) is 33.6 Å². The number of pyridine rings is 1. The topological polar surface area (TPSA) is 79.4 Å². The van der Waals surface area contributed by atoms with Crippen LogP contribution in [-0.2, 0) is 23.1 Å². The number of sulfonamides is 1. The van der Waals surface area contributed by atoms with Crippen LogP contribution in [0.3, 0.4) is 0 Å². The number of nitrogens with one attached hydrogen (secondary N) is 1. The van der Waals surface area contributed by atoms with Crippen LogP contribution < -0.4 is 4.72 Å². The Morgan fingerprint density at radius 2 is 2.03 bits per heavy atom. The van der Waals surface area contributed by atoms with Crippen LogP contribution in [0, 0.1) is 0 Å². The highest BCUT2D eigenvalue weighted by Gasteiger charge is 2.33. The van der Waals surface area contributed by atoms with Gasteiger partial charge in [-0.1, -0.05) is 18.2 Å². The first kappa shape index (κ1) is 19.8. The zero-order chi connectivity index (χ0) is 20.3. The lowest BCUT2D eigenvalue weighted by Crippen LogP contribution is -2.33. The van der Waals surface area contributed by atoms with Gasteiger partial charge in [0.2, 0.25) is 10.0 Å². The highest BCUT2D eigenvalue weighted by molar-refractivity contribution is 7.89. The predicted molar refractivity (Wildman–Crippen MR) is 112 cm³/mol. The molecule has 150 valence electrons. The third kappa shape index (κ3) is 4.90. The minimum absolute atomic E-state index is 0.0945. The molecule has 1 aromatic carbocycles. The zero-order valence-electron chi connectivity index (χ0n) is 15.7. The molecule has 0 unspecified atom stereocenters. The molecule has 1 fully saturated rings. The summed E-state index contributed by atoms with van der Waals surface area (Å²) in [6.45, 7) is 0.693. The van der Waals surface area contributed by atoms with Crippen LogP contribution in [-0.4, -0.2) is 30.3 Å². The molecule has 2 heterocycles. The van der Waals surface area contributed by atoms with Crippen molar-refractivity contribution in [1.29, 1.82) is 0 Å². The van der Waals surface area contributed by atoms with Gasteiger partial charge in [-0.25, -0.2) is 13.1 Å². The molecule has 1 saturated carbocycles. The summed E-state index contributed by atoms with van der Waals surface area (Å²) >= 11 is 1.49. The van der Waals surface area contributed by atoms with Crippen molar-refractivity contribution in [2.24, 2.45) is 0 Å². The first-order valence-electron chi connectivity index (χ1n) is 9.35. The van der Waals surface area contributed by atoms with Crippen molar-refractivity contribution < 1.29 is 13.2 Å². The van der Waals surface area contributed by atoms with Crippen LogP contribution in [0.4, 0.5) is 0 Å². The first-order chi connectivity index (χ1) is 14.0. The highest BCUT2D eigenvalue weighted by atomic mass is 32.2. The molecule has 0 bridgehead atoms. The maximum Gasteiger partial charge on any atom is 0.254 e. The van der Waals surface area contributed by atoms with Gasteiger partial charge in [-0.3, -0.25) is 9.78 Å². The summed E-state index contributed by atoms with van der Waals surface area (Å²) in [7, 11) is -3.71. The van der Waals surface area contributed by atoms with Crippen molar-refractivity contribution in [3.63, 3.8) is 0 Å². The average molecular weight is 428 g/mol. The van der Waals surface area contributed by atoms with Crippen molar-refractivity contribution in [2.45, 2.75) is 36.9 Å². The largest absolute Gasteiger partial charge is 0.331 e. The normalized spacial score (nSPS) is 13.9. The summed E-state index contributed by atoms with van der Waals surface area (Å²) in [6, 6.07) is 14.0. The monoisotopic (exact) mass is 427 g/mol. The second kappa shape index (κ2) is 8.44. The van der Waals surface area contributed by atoms with E-state index in [9.17, 15) is 13.2 Å². The molecule has 8 heteroatoms. The fourth-order valence-electron chi connectivity index (χ4n) is 3.07. The number of hydrogen-bond donors (Lipinski definition) is 1. The summed E-state index contributed by atoms with van der Waals surface area (Å²) < 4.78 is 27.9. The van der Waals surface area contributed by atoms with Gasteiger partial charge in [-0.2, -0.15) is 0 Å². The van der Waals surface area contributed by atoms with Gasteiger partial charge in [0.05, 0.1) is 4.90 Å². The molecule has 1 aliphatic rings. The number of rotatable bonds is 8. The van der Waals surface area contributed by atoms with E-state index >= 15 is 0 Å². The molecule has 0 atom stereocenters. The lowest BCUT2D eigenvalue weighted by molar-refractivity contribution is 0.0729. The second-order valence-electron chi connectivity index (χ2n) is 6.96. The van der Waals surface area contributed by atoms with E-state index in [0.717, 1.165) is 23.3 Å². The van der Waals surface area contributed by atoms with Crippen LogP contribution >= 0.6 is 11.3 Å². The van der Waals surface area contributed by atoms with E-state index in [0.29, 0.717) is 12.1 Å². The van der Waals surface area contributed by atoms with Crippen LogP contribution in [0.5, 0.6) is 0 Å². The summed E-state index contributed by atoms with van der Waals surface area (Å²) in [5, 5.41) is 1.90. The summed E-state index contributed by atoms with van der Waals surface area (Å²) in [4.78, 5) is 20.1. The van der Waals surface area contributed by atoms with Gasteiger partial charge in [0.15, 0.2) is 0 Å². The molecule has 1 aliphatic carbocycles. The molecule has 4 rings (SSSR count). The highest BCUT2D eigenvalue weighted by Crippen LogP contribution is 2.30. The van der Waals surface area contributed by atoms with Crippen LogP contribution in [0.2, 0.25) is 0 Å². The Kier molecular flexibility index (Phi) is 5.75. The molecule has 0 spiro atoms. The Morgan fingerprint density at radius 1 is 1.17 bits per heavy atom. The molecule has 1 amide bonds. The number of hydrogen-bond acceptors (Lipinski definition) is 5. The average Bonchev–Trinajstić information content (AvgIpc) is 3.45. The minimum atomic E-state index is -3.71. The smallest absolute Gasteiger partial charge is 0.254 e. The van der Waals surface area contributed by atoms with Crippen molar-refractivity contribution in [1.82, 2.24) is 14.6 Å². The van der Waals surface area contributed by atoms with Crippen molar-refractivity contribution >= 4 is 27.3 Å². The Labute approximate surface area is 174 Å². The summed E-state index contributed by atoms with van der Waals surface area (Å²) in [5.74, 6) is -0.161. The van der Waals surface area contributed by atoms with Gasteiger partial charge in [-0.05, 0) is 54.1 Å². The standard InChI is InChI=1S/C21H21N3O3S2/c25-21(24(18-8-9-18)15-16-4-2-10-22-13-16)17-5-1-7-20(12-17)29(26,27)23-14-19-6-3-11-28-19/h1-7,10-13,18,23H,8-9,14-15H2. The molecular formula is C21H21N3O3S2. The van der Waals surface area contributed by atoms with E-state index in [1.54, 1.807) is 24.5 Å². The maximum absolute atomic E-state index is 13.1. The Balaban J connectivity index is 1.52. The number of amides is 1. The number of carbonyl (C=O) groups excluding carboxylic acids is 1. The Morgan fingerprint density at radius 3 is 2.72 bits per heavy atom. The molecule has 2 aromatic heterocycles. The van der Waals surface area contributed by atoms with Gasteiger partial charge in [-0.15, -0.1) is 11.3 Å². The number of carbonyl (C=O) groups is 1. The second-order valence-corrected chi connectivity index (χ2v) is 9.76. The quantitative estimate of drug-likeness (QED) is 0.597.